The summed E-state index contributed by atoms with van der Waals surface area (Å²) in [6.45, 7) is 5.64. The summed E-state index contributed by atoms with van der Waals surface area (Å²) in [5.74, 6) is -0.849. The van der Waals surface area contributed by atoms with Crippen LogP contribution in [0.3, 0.4) is 0 Å². The van der Waals surface area contributed by atoms with Gasteiger partial charge in [-0.25, -0.2) is 9.59 Å². The van der Waals surface area contributed by atoms with Crippen LogP contribution in [0, 0.1) is 5.92 Å². The Morgan fingerprint density at radius 2 is 1.71 bits per heavy atom. The summed E-state index contributed by atoms with van der Waals surface area (Å²) >= 11 is 5.81. The molecule has 0 aliphatic carbocycles. The molecule has 0 spiro atoms. The van der Waals surface area contributed by atoms with Crippen molar-refractivity contribution in [3.8, 4) is 0 Å². The van der Waals surface area contributed by atoms with Gasteiger partial charge in [-0.05, 0) is 37.0 Å². The van der Waals surface area contributed by atoms with E-state index in [0.29, 0.717) is 11.4 Å². The van der Waals surface area contributed by atoms with E-state index in [1.165, 1.54) is 0 Å². The van der Waals surface area contributed by atoms with Crippen LogP contribution in [0.5, 0.6) is 0 Å². The first-order chi connectivity index (χ1) is 9.79. The molecule has 1 rings (SSSR count). The summed E-state index contributed by atoms with van der Waals surface area (Å²) in [4.78, 5) is 23.0. The predicted molar refractivity (Wildman–Crippen MR) is 82.4 cm³/mol. The minimum Gasteiger partial charge on any atom is -0.480 e. The Labute approximate surface area is 129 Å². The topological polar surface area (TPSA) is 78.4 Å². The fourth-order valence-electron chi connectivity index (χ4n) is 1.92. The highest BCUT2D eigenvalue weighted by Gasteiger charge is 2.21. The van der Waals surface area contributed by atoms with Crippen molar-refractivity contribution in [1.82, 2.24) is 10.6 Å². The number of amides is 2. The van der Waals surface area contributed by atoms with E-state index in [2.05, 4.69) is 10.6 Å². The zero-order chi connectivity index (χ0) is 16.0. The van der Waals surface area contributed by atoms with Crippen molar-refractivity contribution in [2.75, 3.05) is 0 Å². The summed E-state index contributed by atoms with van der Waals surface area (Å²) < 4.78 is 0. The molecule has 0 aliphatic heterocycles. The molecule has 3 N–H and O–H groups in total. The van der Waals surface area contributed by atoms with E-state index < -0.39 is 18.0 Å². The molecule has 0 bridgehead atoms. The van der Waals surface area contributed by atoms with Gasteiger partial charge in [0.05, 0.1) is 6.04 Å². The van der Waals surface area contributed by atoms with Crippen molar-refractivity contribution in [1.29, 1.82) is 0 Å². The average molecular weight is 313 g/mol. The summed E-state index contributed by atoms with van der Waals surface area (Å²) in [7, 11) is 0. The lowest BCUT2D eigenvalue weighted by Crippen LogP contribution is -2.47. The normalized spacial score (nSPS) is 13.6. The monoisotopic (exact) mass is 312 g/mol. The molecule has 0 aliphatic rings. The van der Waals surface area contributed by atoms with Crippen LogP contribution in [0.1, 0.15) is 38.8 Å². The van der Waals surface area contributed by atoms with E-state index in [1.807, 2.05) is 32.9 Å². The lowest BCUT2D eigenvalue weighted by atomic mass is 10.0. The molecule has 116 valence electrons. The van der Waals surface area contributed by atoms with Crippen molar-refractivity contribution < 1.29 is 14.7 Å². The maximum Gasteiger partial charge on any atom is 0.326 e. The second-order valence-electron chi connectivity index (χ2n) is 5.41. The second kappa shape index (κ2) is 7.88. The number of aliphatic carboxylic acids is 1. The van der Waals surface area contributed by atoms with Gasteiger partial charge in [0, 0.05) is 5.02 Å². The third-order valence-corrected chi connectivity index (χ3v) is 3.28. The van der Waals surface area contributed by atoms with E-state index in [-0.39, 0.29) is 12.0 Å². The molecular weight excluding hydrogens is 292 g/mol. The van der Waals surface area contributed by atoms with E-state index in [9.17, 15) is 9.59 Å². The molecule has 2 amide bonds. The van der Waals surface area contributed by atoms with Crippen LogP contribution >= 0.6 is 11.6 Å². The third kappa shape index (κ3) is 6.04. The SMILES string of the molecule is CC(C)C[C@H](NC(=O)NC(C)c1ccc(Cl)cc1)C(=O)O. The Bertz CT molecular complexity index is 488. The van der Waals surface area contributed by atoms with E-state index in [0.717, 1.165) is 5.56 Å². The number of carbonyl (C=O) groups is 2. The molecule has 21 heavy (non-hydrogen) atoms. The van der Waals surface area contributed by atoms with Crippen LogP contribution in [0.2, 0.25) is 5.02 Å². The van der Waals surface area contributed by atoms with Gasteiger partial charge >= 0.3 is 12.0 Å². The van der Waals surface area contributed by atoms with Crippen LogP contribution in [0.15, 0.2) is 24.3 Å². The molecule has 0 saturated heterocycles. The lowest BCUT2D eigenvalue weighted by molar-refractivity contribution is -0.139. The Kier molecular flexibility index (Phi) is 6.49. The van der Waals surface area contributed by atoms with Crippen LogP contribution in [0.25, 0.3) is 0 Å². The Hall–Kier alpha value is -1.75. The molecule has 1 aromatic rings. The standard InChI is InChI=1S/C15H21ClN2O3/c1-9(2)8-13(14(19)20)18-15(21)17-10(3)11-4-6-12(16)7-5-11/h4-7,9-10,13H,8H2,1-3H3,(H,19,20)(H2,17,18,21)/t10?,13-/m0/s1. The predicted octanol–water partition coefficient (Wildman–Crippen LogP) is 3.20. The van der Waals surface area contributed by atoms with Gasteiger partial charge in [-0.2, -0.15) is 0 Å². The molecule has 6 heteroatoms. The zero-order valence-electron chi connectivity index (χ0n) is 12.4. The quantitative estimate of drug-likeness (QED) is 0.754. The van der Waals surface area contributed by atoms with Crippen LogP contribution in [0.4, 0.5) is 4.79 Å². The van der Waals surface area contributed by atoms with E-state index in [1.54, 1.807) is 12.1 Å². The van der Waals surface area contributed by atoms with E-state index >= 15 is 0 Å². The van der Waals surface area contributed by atoms with Gasteiger partial charge < -0.3 is 15.7 Å². The Balaban J connectivity index is 2.59. The number of urea groups is 1. The van der Waals surface area contributed by atoms with Crippen molar-refractivity contribution in [3.63, 3.8) is 0 Å². The minimum absolute atomic E-state index is 0.181. The van der Waals surface area contributed by atoms with Gasteiger partial charge in [0.25, 0.3) is 0 Å². The number of carbonyl (C=O) groups excluding carboxylic acids is 1. The van der Waals surface area contributed by atoms with Gasteiger partial charge in [0.15, 0.2) is 0 Å². The fourth-order valence-corrected chi connectivity index (χ4v) is 2.05. The van der Waals surface area contributed by atoms with Crippen molar-refractivity contribution in [2.24, 2.45) is 5.92 Å². The third-order valence-electron chi connectivity index (χ3n) is 3.03. The molecule has 0 radical (unpaired) electrons. The number of halogens is 1. The molecule has 0 aromatic heterocycles. The van der Waals surface area contributed by atoms with Crippen LogP contribution in [-0.2, 0) is 4.79 Å². The molecular formula is C15H21ClN2O3. The Morgan fingerprint density at radius 1 is 1.14 bits per heavy atom. The first-order valence-electron chi connectivity index (χ1n) is 6.85. The number of hydrogen-bond acceptors (Lipinski definition) is 2. The van der Waals surface area contributed by atoms with E-state index in [4.69, 9.17) is 16.7 Å². The van der Waals surface area contributed by atoms with Gasteiger partial charge in [-0.3, -0.25) is 0 Å². The maximum atomic E-state index is 11.9. The number of nitrogens with one attached hydrogen (secondary N) is 2. The van der Waals surface area contributed by atoms with Crippen LogP contribution < -0.4 is 10.6 Å². The van der Waals surface area contributed by atoms with Crippen LogP contribution in [-0.4, -0.2) is 23.1 Å². The molecule has 2 atom stereocenters. The van der Waals surface area contributed by atoms with Crippen molar-refractivity contribution >= 4 is 23.6 Å². The summed E-state index contributed by atoms with van der Waals surface area (Å²) in [5.41, 5.74) is 0.894. The van der Waals surface area contributed by atoms with Gasteiger partial charge in [0.2, 0.25) is 0 Å². The fraction of sp³-hybridized carbons (Fsp3) is 0.467. The minimum atomic E-state index is -1.03. The maximum absolute atomic E-state index is 11.9. The molecule has 5 nitrogen and oxygen atoms in total. The smallest absolute Gasteiger partial charge is 0.326 e. The highest BCUT2D eigenvalue weighted by Crippen LogP contribution is 2.16. The van der Waals surface area contributed by atoms with Gasteiger partial charge in [0.1, 0.15) is 6.04 Å². The number of rotatable bonds is 6. The second-order valence-corrected chi connectivity index (χ2v) is 5.85. The lowest BCUT2D eigenvalue weighted by Gasteiger charge is -2.19. The number of benzene rings is 1. The summed E-state index contributed by atoms with van der Waals surface area (Å²) in [6.07, 6.45) is 0.387. The number of carboxylic acid groups (broad SMARTS) is 1. The van der Waals surface area contributed by atoms with Gasteiger partial charge in [-0.15, -0.1) is 0 Å². The first-order valence-corrected chi connectivity index (χ1v) is 7.22. The largest absolute Gasteiger partial charge is 0.480 e. The molecule has 0 fully saturated rings. The highest BCUT2D eigenvalue weighted by atomic mass is 35.5. The highest BCUT2D eigenvalue weighted by molar-refractivity contribution is 6.30. The number of carboxylic acids is 1. The molecule has 0 saturated carbocycles. The Morgan fingerprint density at radius 3 is 2.19 bits per heavy atom. The molecule has 1 unspecified atom stereocenters. The average Bonchev–Trinajstić information content (AvgIpc) is 2.37. The van der Waals surface area contributed by atoms with Crippen molar-refractivity contribution in [3.05, 3.63) is 34.9 Å². The number of hydrogen-bond donors (Lipinski definition) is 3. The molecule has 0 heterocycles. The van der Waals surface area contributed by atoms with Gasteiger partial charge in [-0.1, -0.05) is 37.6 Å². The molecule has 1 aromatic carbocycles. The first kappa shape index (κ1) is 17.3. The summed E-state index contributed by atoms with van der Waals surface area (Å²) in [6, 6.07) is 5.49. The zero-order valence-corrected chi connectivity index (χ0v) is 13.1. The van der Waals surface area contributed by atoms with Crippen molar-refractivity contribution in [2.45, 2.75) is 39.3 Å². The summed E-state index contributed by atoms with van der Waals surface area (Å²) in [5, 5.41) is 14.9.